The summed E-state index contributed by atoms with van der Waals surface area (Å²) in [5.41, 5.74) is 4.26. The van der Waals surface area contributed by atoms with E-state index in [1.54, 1.807) is 30.3 Å². The number of anilines is 1. The Kier molecular flexibility index (Phi) is 7.55. The Morgan fingerprint density at radius 1 is 1.06 bits per heavy atom. The zero-order valence-electron chi connectivity index (χ0n) is 18.8. The molecule has 0 bridgehead atoms. The number of imide groups is 1. The third-order valence-electron chi connectivity index (χ3n) is 4.88. The van der Waals surface area contributed by atoms with Crippen molar-refractivity contribution in [1.29, 1.82) is 0 Å². The summed E-state index contributed by atoms with van der Waals surface area (Å²) in [4.78, 5) is 49.9. The molecule has 1 fully saturated rings. The number of nitrogens with zero attached hydrogens (tertiary/aromatic N) is 1. The van der Waals surface area contributed by atoms with Crippen LogP contribution in [0.15, 0.2) is 41.3 Å². The first-order chi connectivity index (χ1) is 15.7. The van der Waals surface area contributed by atoms with E-state index in [1.165, 1.54) is 7.11 Å². The molecule has 0 aromatic heterocycles. The Hall–Kier alpha value is -3.59. The summed E-state index contributed by atoms with van der Waals surface area (Å²) < 4.78 is 9.79. The van der Waals surface area contributed by atoms with E-state index in [0.717, 1.165) is 33.4 Å². The molecular formula is C24H24N2O6S. The average molecular weight is 469 g/mol. The first kappa shape index (κ1) is 24.1. The highest BCUT2D eigenvalue weighted by Crippen LogP contribution is 2.32. The van der Waals surface area contributed by atoms with Crippen LogP contribution >= 0.6 is 11.8 Å². The van der Waals surface area contributed by atoms with Crippen LogP contribution < -0.4 is 10.1 Å². The summed E-state index contributed by atoms with van der Waals surface area (Å²) in [5, 5.41) is 2.30. The molecule has 8 nitrogen and oxygen atoms in total. The van der Waals surface area contributed by atoms with Crippen molar-refractivity contribution in [2.75, 3.05) is 25.6 Å². The molecule has 0 aliphatic carbocycles. The first-order valence-corrected chi connectivity index (χ1v) is 10.9. The lowest BCUT2D eigenvalue weighted by Crippen LogP contribution is -2.36. The van der Waals surface area contributed by atoms with Gasteiger partial charge in [-0.1, -0.05) is 29.8 Å². The molecular weight excluding hydrogens is 444 g/mol. The van der Waals surface area contributed by atoms with Gasteiger partial charge in [-0.3, -0.25) is 19.3 Å². The molecule has 2 aromatic rings. The smallest absolute Gasteiger partial charge is 0.343 e. The molecule has 0 saturated carbocycles. The van der Waals surface area contributed by atoms with Gasteiger partial charge in [0.05, 0.1) is 12.0 Å². The van der Waals surface area contributed by atoms with Gasteiger partial charge in [-0.25, -0.2) is 4.79 Å². The standard InChI is InChI=1S/C24H24N2O6S/c1-14-9-15(2)22(16(3)10-14)25-20(27)12-26-23(29)19(33-24(26)30)11-17-5-7-18(8-6-17)32-13-21(28)31-4/h5-11H,12-13H2,1-4H3,(H,25,27)/b19-11-. The number of thioether (sulfide) groups is 1. The Morgan fingerprint density at radius 3 is 2.30 bits per heavy atom. The largest absolute Gasteiger partial charge is 0.482 e. The first-order valence-electron chi connectivity index (χ1n) is 10.1. The van der Waals surface area contributed by atoms with Crippen molar-refractivity contribution in [1.82, 2.24) is 4.90 Å². The van der Waals surface area contributed by atoms with E-state index in [9.17, 15) is 19.2 Å². The van der Waals surface area contributed by atoms with Gasteiger partial charge < -0.3 is 14.8 Å². The Labute approximate surface area is 195 Å². The molecule has 172 valence electrons. The minimum Gasteiger partial charge on any atom is -0.482 e. The fraction of sp³-hybridized carbons (Fsp3) is 0.250. The molecule has 0 radical (unpaired) electrons. The van der Waals surface area contributed by atoms with Crippen molar-refractivity contribution < 1.29 is 28.7 Å². The highest BCUT2D eigenvalue weighted by atomic mass is 32.2. The molecule has 33 heavy (non-hydrogen) atoms. The quantitative estimate of drug-likeness (QED) is 0.487. The Morgan fingerprint density at radius 2 is 1.70 bits per heavy atom. The van der Waals surface area contributed by atoms with Crippen LogP contribution in [0.4, 0.5) is 10.5 Å². The summed E-state index contributed by atoms with van der Waals surface area (Å²) in [6, 6.07) is 10.6. The monoisotopic (exact) mass is 468 g/mol. The maximum atomic E-state index is 12.7. The number of ether oxygens (including phenoxy) is 2. The molecule has 3 rings (SSSR count). The third kappa shape index (κ3) is 6.01. The normalized spacial score (nSPS) is 14.5. The molecule has 0 spiro atoms. The Bertz CT molecular complexity index is 1120. The number of amides is 3. The maximum absolute atomic E-state index is 12.7. The summed E-state index contributed by atoms with van der Waals surface area (Å²) in [5.74, 6) is -1.00. The van der Waals surface area contributed by atoms with E-state index in [0.29, 0.717) is 17.0 Å². The van der Waals surface area contributed by atoms with Gasteiger partial charge in [-0.15, -0.1) is 0 Å². The molecule has 1 N–H and O–H groups in total. The van der Waals surface area contributed by atoms with Crippen molar-refractivity contribution in [3.8, 4) is 5.75 Å². The van der Waals surface area contributed by atoms with Crippen LogP contribution in [0.5, 0.6) is 5.75 Å². The number of rotatable bonds is 7. The van der Waals surface area contributed by atoms with Crippen LogP contribution in [0, 0.1) is 20.8 Å². The molecule has 0 unspecified atom stereocenters. The highest BCUT2D eigenvalue weighted by molar-refractivity contribution is 8.18. The number of hydrogen-bond donors (Lipinski definition) is 1. The lowest BCUT2D eigenvalue weighted by molar-refractivity contribution is -0.142. The van der Waals surface area contributed by atoms with Crippen molar-refractivity contribution in [3.63, 3.8) is 0 Å². The van der Waals surface area contributed by atoms with E-state index >= 15 is 0 Å². The number of hydrogen-bond acceptors (Lipinski definition) is 7. The van der Waals surface area contributed by atoms with Gasteiger partial charge in [0.15, 0.2) is 6.61 Å². The number of benzene rings is 2. The molecule has 9 heteroatoms. The second kappa shape index (κ2) is 10.4. The molecule has 3 amide bonds. The van der Waals surface area contributed by atoms with Gasteiger partial charge in [0.25, 0.3) is 11.1 Å². The van der Waals surface area contributed by atoms with Crippen LogP contribution in [-0.4, -0.2) is 48.2 Å². The van der Waals surface area contributed by atoms with E-state index in [2.05, 4.69) is 10.1 Å². The van der Waals surface area contributed by atoms with E-state index in [-0.39, 0.29) is 18.1 Å². The predicted molar refractivity (Wildman–Crippen MR) is 126 cm³/mol. The van der Waals surface area contributed by atoms with E-state index in [1.807, 2.05) is 32.9 Å². The van der Waals surface area contributed by atoms with Gasteiger partial charge >= 0.3 is 5.97 Å². The fourth-order valence-corrected chi connectivity index (χ4v) is 4.19. The fourth-order valence-electron chi connectivity index (χ4n) is 3.35. The van der Waals surface area contributed by atoms with Crippen molar-refractivity contribution >= 4 is 46.5 Å². The second-order valence-corrected chi connectivity index (χ2v) is 8.52. The summed E-state index contributed by atoms with van der Waals surface area (Å²) in [6.07, 6.45) is 1.57. The van der Waals surface area contributed by atoms with Crippen LogP contribution in [0.1, 0.15) is 22.3 Å². The minimum atomic E-state index is -0.525. The zero-order valence-corrected chi connectivity index (χ0v) is 19.6. The van der Waals surface area contributed by atoms with Crippen LogP contribution in [-0.2, 0) is 19.1 Å². The van der Waals surface area contributed by atoms with Gasteiger partial charge in [-0.05, 0) is 67.4 Å². The summed E-state index contributed by atoms with van der Waals surface area (Å²) in [6.45, 7) is 5.18. The van der Waals surface area contributed by atoms with Crippen molar-refractivity contribution in [2.45, 2.75) is 20.8 Å². The summed E-state index contributed by atoms with van der Waals surface area (Å²) in [7, 11) is 1.27. The molecule has 1 heterocycles. The topological polar surface area (TPSA) is 102 Å². The van der Waals surface area contributed by atoms with Crippen molar-refractivity contribution in [3.05, 3.63) is 63.6 Å². The van der Waals surface area contributed by atoms with Crippen LogP contribution in [0.3, 0.4) is 0 Å². The SMILES string of the molecule is COC(=O)COc1ccc(/C=C2\SC(=O)N(CC(=O)Nc3c(C)cc(C)cc3C)C2=O)cc1. The lowest BCUT2D eigenvalue weighted by atomic mass is 10.1. The molecule has 2 aromatic carbocycles. The number of carbonyl (C=O) groups is 4. The Balaban J connectivity index is 1.65. The van der Waals surface area contributed by atoms with Crippen LogP contribution in [0.2, 0.25) is 0 Å². The van der Waals surface area contributed by atoms with Crippen molar-refractivity contribution in [2.24, 2.45) is 0 Å². The van der Waals surface area contributed by atoms with E-state index < -0.39 is 23.0 Å². The van der Waals surface area contributed by atoms with Gasteiger partial charge in [0, 0.05) is 5.69 Å². The number of carbonyl (C=O) groups excluding carboxylic acids is 4. The second-order valence-electron chi connectivity index (χ2n) is 7.52. The lowest BCUT2D eigenvalue weighted by Gasteiger charge is -2.15. The number of aryl methyl sites for hydroxylation is 3. The predicted octanol–water partition coefficient (Wildman–Crippen LogP) is 3.84. The maximum Gasteiger partial charge on any atom is 0.343 e. The van der Waals surface area contributed by atoms with Gasteiger partial charge in [-0.2, -0.15) is 0 Å². The number of nitrogens with one attached hydrogen (secondary N) is 1. The average Bonchev–Trinajstić information content (AvgIpc) is 3.02. The minimum absolute atomic E-state index is 0.210. The molecule has 0 atom stereocenters. The third-order valence-corrected chi connectivity index (χ3v) is 5.79. The summed E-state index contributed by atoms with van der Waals surface area (Å²) >= 11 is 0.781. The van der Waals surface area contributed by atoms with Crippen LogP contribution in [0.25, 0.3) is 6.08 Å². The van der Waals surface area contributed by atoms with Gasteiger partial charge in [0.1, 0.15) is 12.3 Å². The van der Waals surface area contributed by atoms with E-state index in [4.69, 9.17) is 4.74 Å². The number of methoxy groups -OCH3 is 1. The zero-order chi connectivity index (χ0) is 24.1. The molecule has 1 aliphatic rings. The highest BCUT2D eigenvalue weighted by Gasteiger charge is 2.36. The van der Waals surface area contributed by atoms with Gasteiger partial charge in [0.2, 0.25) is 5.91 Å². The molecule has 1 saturated heterocycles. The number of esters is 1. The molecule has 1 aliphatic heterocycles.